The third-order valence-electron chi connectivity index (χ3n) is 9.80. The molecule has 2 fully saturated rings. The third-order valence-corrected chi connectivity index (χ3v) is 9.80. The van der Waals surface area contributed by atoms with Gasteiger partial charge in [-0.3, -0.25) is 0 Å². The Kier molecular flexibility index (Phi) is 6.27. The number of hydrogen-bond acceptors (Lipinski definition) is 5. The van der Waals surface area contributed by atoms with Crippen molar-refractivity contribution < 1.29 is 18.9 Å². The van der Waals surface area contributed by atoms with Crippen molar-refractivity contribution in [3.63, 3.8) is 0 Å². The first-order chi connectivity index (χ1) is 15.9. The molecule has 0 aromatic carbocycles. The van der Waals surface area contributed by atoms with Crippen LogP contribution in [0.4, 0.5) is 0 Å². The van der Waals surface area contributed by atoms with E-state index < -0.39 is 5.79 Å². The van der Waals surface area contributed by atoms with Crippen LogP contribution >= 0.6 is 0 Å². The number of ether oxygens (including phenoxy) is 4. The molecule has 0 bridgehead atoms. The predicted octanol–water partition coefficient (Wildman–Crippen LogP) is 6.05. The zero-order valence-corrected chi connectivity index (χ0v) is 21.0. The molecule has 5 rings (SSSR count). The summed E-state index contributed by atoms with van der Waals surface area (Å²) >= 11 is 0. The normalized spacial score (nSPS) is 40.1. The molecular formula is C28H41NO4. The maximum absolute atomic E-state index is 10.2. The van der Waals surface area contributed by atoms with E-state index in [1.54, 1.807) is 5.57 Å². The molecule has 6 atom stereocenters. The van der Waals surface area contributed by atoms with Crippen LogP contribution in [-0.4, -0.2) is 38.0 Å². The molecule has 1 aliphatic heterocycles. The van der Waals surface area contributed by atoms with Crippen LogP contribution in [-0.2, 0) is 18.9 Å². The molecule has 0 aromatic heterocycles. The van der Waals surface area contributed by atoms with Gasteiger partial charge in [-0.1, -0.05) is 32.4 Å². The highest BCUT2D eigenvalue weighted by atomic mass is 16.8. The first kappa shape index (κ1) is 23.5. The summed E-state index contributed by atoms with van der Waals surface area (Å²) in [5.74, 6) is 0.510. The van der Waals surface area contributed by atoms with Crippen LogP contribution in [0.5, 0.6) is 0 Å². The Hall–Kier alpha value is -1.19. The molecule has 1 saturated carbocycles. The fourth-order valence-electron chi connectivity index (χ4n) is 7.95. The summed E-state index contributed by atoms with van der Waals surface area (Å²) in [4.78, 5) is 0. The van der Waals surface area contributed by atoms with Crippen molar-refractivity contribution in [1.29, 1.82) is 5.26 Å². The number of nitrogens with zero attached hydrogens (tertiary/aromatic N) is 1. The van der Waals surface area contributed by atoms with E-state index in [0.717, 1.165) is 44.9 Å². The first-order valence-electron chi connectivity index (χ1n) is 13.3. The Bertz CT molecular complexity index is 866. The summed E-state index contributed by atoms with van der Waals surface area (Å²) in [5.41, 5.74) is 4.47. The molecule has 5 nitrogen and oxygen atoms in total. The van der Waals surface area contributed by atoms with Gasteiger partial charge in [0.15, 0.2) is 12.1 Å². The van der Waals surface area contributed by atoms with Crippen molar-refractivity contribution in [2.24, 2.45) is 22.7 Å². The smallest absolute Gasteiger partial charge is 0.199 e. The van der Waals surface area contributed by atoms with Gasteiger partial charge in [0.25, 0.3) is 0 Å². The van der Waals surface area contributed by atoms with Crippen LogP contribution in [0.1, 0.15) is 85.5 Å². The van der Waals surface area contributed by atoms with Crippen molar-refractivity contribution >= 4 is 0 Å². The lowest BCUT2D eigenvalue weighted by Gasteiger charge is -2.51. The molecule has 33 heavy (non-hydrogen) atoms. The molecule has 4 aliphatic carbocycles. The Morgan fingerprint density at radius 2 is 2.03 bits per heavy atom. The molecule has 5 aliphatic rings. The van der Waals surface area contributed by atoms with Gasteiger partial charge in [0.1, 0.15) is 6.10 Å². The molecule has 0 radical (unpaired) electrons. The number of nitriles is 1. The lowest BCUT2D eigenvalue weighted by atomic mass is 9.53. The summed E-state index contributed by atoms with van der Waals surface area (Å²) in [5, 5.41) is 10.2. The fourth-order valence-corrected chi connectivity index (χ4v) is 7.95. The molecule has 1 heterocycles. The van der Waals surface area contributed by atoms with E-state index in [2.05, 4.69) is 32.9 Å². The second kappa shape index (κ2) is 8.79. The van der Waals surface area contributed by atoms with Crippen LogP contribution in [0.25, 0.3) is 0 Å². The molecule has 0 aromatic rings. The van der Waals surface area contributed by atoms with Crippen LogP contribution in [0.2, 0.25) is 0 Å². The number of rotatable bonds is 6. The standard InChI is InChI=1S/C28H41NO4/c1-5-13-30-19(3)33-25-16-23-20(17-28(25)31-14-15-32-28)7-8-22-21(23)9-11-26(4)24(22)10-12-27(26,6-2)18-29/h9,19,22,24-25H,5-8,10-17H2,1-4H3/t19?,22-,24+,25?,26+,27-/m1/s1. The predicted molar refractivity (Wildman–Crippen MR) is 126 cm³/mol. The second-order valence-electron chi connectivity index (χ2n) is 11.2. The second-order valence-corrected chi connectivity index (χ2v) is 11.2. The quantitative estimate of drug-likeness (QED) is 0.456. The highest BCUT2D eigenvalue weighted by molar-refractivity contribution is 5.46. The SMILES string of the molecule is CCCOC(C)OC1CC2=C(CC[C@@H]3C2=CC[C@@]2(C)[C@H]3CC[C@@]2(C#N)CC)CC12OCCO2. The molecule has 182 valence electrons. The Labute approximate surface area is 199 Å². The lowest BCUT2D eigenvalue weighted by Crippen LogP contribution is -2.51. The highest BCUT2D eigenvalue weighted by Gasteiger charge is 2.61. The Morgan fingerprint density at radius 1 is 1.24 bits per heavy atom. The van der Waals surface area contributed by atoms with E-state index in [4.69, 9.17) is 18.9 Å². The van der Waals surface area contributed by atoms with Crippen molar-refractivity contribution in [3.8, 4) is 6.07 Å². The van der Waals surface area contributed by atoms with Crippen molar-refractivity contribution in [2.75, 3.05) is 19.8 Å². The zero-order valence-electron chi connectivity index (χ0n) is 21.0. The summed E-state index contributed by atoms with van der Waals surface area (Å²) < 4.78 is 24.8. The summed E-state index contributed by atoms with van der Waals surface area (Å²) in [6.45, 7) is 10.7. The molecule has 1 spiro atoms. The number of allylic oxidation sites excluding steroid dienone is 2. The van der Waals surface area contributed by atoms with E-state index in [1.165, 1.54) is 24.0 Å². The highest BCUT2D eigenvalue weighted by Crippen LogP contribution is 2.67. The van der Waals surface area contributed by atoms with Gasteiger partial charge in [0.05, 0.1) is 24.7 Å². The van der Waals surface area contributed by atoms with E-state index >= 15 is 0 Å². The van der Waals surface area contributed by atoms with Gasteiger partial charge in [-0.15, -0.1) is 0 Å². The molecule has 5 heteroatoms. The largest absolute Gasteiger partial charge is 0.353 e. The van der Waals surface area contributed by atoms with Crippen LogP contribution < -0.4 is 0 Å². The molecule has 2 unspecified atom stereocenters. The summed E-state index contributed by atoms with van der Waals surface area (Å²) in [6.07, 6.45) is 11.2. The van der Waals surface area contributed by atoms with Gasteiger partial charge in [0, 0.05) is 19.4 Å². The van der Waals surface area contributed by atoms with Crippen molar-refractivity contribution in [3.05, 3.63) is 22.8 Å². The Balaban J connectivity index is 1.44. The first-order valence-corrected chi connectivity index (χ1v) is 13.3. The molecule has 1 saturated heterocycles. The van der Waals surface area contributed by atoms with Crippen LogP contribution in [0.15, 0.2) is 22.8 Å². The van der Waals surface area contributed by atoms with Crippen LogP contribution in [0, 0.1) is 34.0 Å². The van der Waals surface area contributed by atoms with Gasteiger partial charge in [-0.25, -0.2) is 0 Å². The van der Waals surface area contributed by atoms with Gasteiger partial charge >= 0.3 is 0 Å². The van der Waals surface area contributed by atoms with E-state index in [-0.39, 0.29) is 23.2 Å². The average molecular weight is 456 g/mol. The third kappa shape index (κ3) is 3.56. The topological polar surface area (TPSA) is 60.7 Å². The maximum Gasteiger partial charge on any atom is 0.199 e. The van der Waals surface area contributed by atoms with Crippen molar-refractivity contribution in [1.82, 2.24) is 0 Å². The minimum atomic E-state index is -0.662. The monoisotopic (exact) mass is 455 g/mol. The minimum absolute atomic E-state index is 0.0920. The fraction of sp³-hybridized carbons (Fsp3) is 0.821. The lowest BCUT2D eigenvalue weighted by molar-refractivity contribution is -0.276. The molecular weight excluding hydrogens is 414 g/mol. The van der Waals surface area contributed by atoms with E-state index in [9.17, 15) is 5.26 Å². The van der Waals surface area contributed by atoms with Gasteiger partial charge in [-0.05, 0) is 80.3 Å². The average Bonchev–Trinajstić information content (AvgIpc) is 3.40. The minimum Gasteiger partial charge on any atom is -0.353 e. The number of fused-ring (bicyclic) bond motifs is 4. The summed E-state index contributed by atoms with van der Waals surface area (Å²) in [7, 11) is 0. The van der Waals surface area contributed by atoms with E-state index in [1.807, 2.05) is 6.92 Å². The van der Waals surface area contributed by atoms with Crippen molar-refractivity contribution in [2.45, 2.75) is 104 Å². The summed E-state index contributed by atoms with van der Waals surface area (Å²) in [6, 6.07) is 2.79. The maximum atomic E-state index is 10.2. The van der Waals surface area contributed by atoms with E-state index in [0.29, 0.717) is 31.7 Å². The van der Waals surface area contributed by atoms with Gasteiger partial charge < -0.3 is 18.9 Å². The van der Waals surface area contributed by atoms with Crippen LogP contribution in [0.3, 0.4) is 0 Å². The van der Waals surface area contributed by atoms with Gasteiger partial charge in [-0.2, -0.15) is 5.26 Å². The molecule has 0 amide bonds. The molecule has 0 N–H and O–H groups in total. The zero-order chi connectivity index (χ0) is 23.3. The Morgan fingerprint density at radius 3 is 2.73 bits per heavy atom. The van der Waals surface area contributed by atoms with Gasteiger partial charge in [0.2, 0.25) is 0 Å². The number of hydrogen-bond donors (Lipinski definition) is 0.